The van der Waals surface area contributed by atoms with Crippen LogP contribution in [0.5, 0.6) is 5.75 Å². The third-order valence-electron chi connectivity index (χ3n) is 8.75. The minimum atomic E-state index is -4.28. The van der Waals surface area contributed by atoms with Crippen molar-refractivity contribution in [3.8, 4) is 5.75 Å². The Kier molecular flexibility index (Phi) is 11.5. The zero-order chi connectivity index (χ0) is 34.1. The van der Waals surface area contributed by atoms with Gasteiger partial charge in [0.25, 0.3) is 10.0 Å². The van der Waals surface area contributed by atoms with Gasteiger partial charge in [-0.3, -0.25) is 13.9 Å². The van der Waals surface area contributed by atoms with Crippen molar-refractivity contribution in [2.75, 3.05) is 18.0 Å². The lowest BCUT2D eigenvalue weighted by Gasteiger charge is -2.35. The van der Waals surface area contributed by atoms with Crippen LogP contribution in [0.25, 0.3) is 0 Å². The molecular weight excluding hydrogens is 629 g/mol. The van der Waals surface area contributed by atoms with Crippen LogP contribution in [0.1, 0.15) is 48.8 Å². The lowest BCUT2D eigenvalue weighted by Crippen LogP contribution is -2.55. The van der Waals surface area contributed by atoms with Crippen LogP contribution in [0.15, 0.2) is 108 Å². The molecule has 252 valence electrons. The largest absolute Gasteiger partial charge is 0.497 e. The summed E-state index contributed by atoms with van der Waals surface area (Å²) in [6.07, 6.45) is 4.93. The van der Waals surface area contributed by atoms with Gasteiger partial charge in [0.15, 0.2) is 0 Å². The summed E-state index contributed by atoms with van der Waals surface area (Å²) in [7, 11) is -2.81. The van der Waals surface area contributed by atoms with Crippen LogP contribution < -0.4 is 14.4 Å². The molecule has 5 rings (SSSR count). The van der Waals surface area contributed by atoms with Gasteiger partial charge in [-0.25, -0.2) is 12.8 Å². The molecule has 1 atom stereocenters. The summed E-state index contributed by atoms with van der Waals surface area (Å²) in [5.74, 6) is -1.14. The van der Waals surface area contributed by atoms with Gasteiger partial charge in [-0.2, -0.15) is 0 Å². The number of methoxy groups -OCH3 is 1. The number of nitrogens with zero attached hydrogens (tertiary/aromatic N) is 2. The molecule has 0 radical (unpaired) electrons. The number of rotatable bonds is 13. The van der Waals surface area contributed by atoms with Crippen LogP contribution in [-0.2, 0) is 32.6 Å². The van der Waals surface area contributed by atoms with Gasteiger partial charge in [0.2, 0.25) is 11.8 Å². The third-order valence-corrected chi connectivity index (χ3v) is 10.5. The number of halogens is 1. The normalized spacial score (nSPS) is 14.1. The Bertz CT molecular complexity index is 1790. The first-order chi connectivity index (χ1) is 23.2. The molecule has 0 saturated heterocycles. The van der Waals surface area contributed by atoms with E-state index in [1.807, 2.05) is 37.3 Å². The molecule has 4 aromatic rings. The molecule has 1 saturated carbocycles. The van der Waals surface area contributed by atoms with E-state index in [9.17, 15) is 18.0 Å². The number of carbonyl (C=O) groups is 2. The number of hydrogen-bond acceptors (Lipinski definition) is 5. The van der Waals surface area contributed by atoms with Gasteiger partial charge < -0.3 is 15.0 Å². The SMILES string of the molecule is COc1cccc(N(CC(=O)N(Cc2ccccc2F)C(Cc2ccccc2)C(=O)NC2CCCCC2)S(=O)(=O)c2ccc(C)cc2)c1. The number of nitrogens with one attached hydrogen (secondary N) is 1. The highest BCUT2D eigenvalue weighted by atomic mass is 32.2. The molecule has 1 aliphatic rings. The van der Waals surface area contributed by atoms with Gasteiger partial charge in [-0.05, 0) is 55.7 Å². The summed E-state index contributed by atoms with van der Waals surface area (Å²) < 4.78 is 50.1. The molecule has 48 heavy (non-hydrogen) atoms. The van der Waals surface area contributed by atoms with E-state index in [1.165, 1.54) is 36.3 Å². The predicted octanol–water partition coefficient (Wildman–Crippen LogP) is 6.43. The van der Waals surface area contributed by atoms with Gasteiger partial charge in [0.1, 0.15) is 24.2 Å². The van der Waals surface area contributed by atoms with E-state index in [0.717, 1.165) is 47.5 Å². The number of benzene rings is 4. The summed E-state index contributed by atoms with van der Waals surface area (Å²) in [4.78, 5) is 30.1. The van der Waals surface area contributed by atoms with Crippen molar-refractivity contribution in [2.45, 2.75) is 69.0 Å². The van der Waals surface area contributed by atoms with Crippen molar-refractivity contribution in [3.05, 3.63) is 126 Å². The van der Waals surface area contributed by atoms with E-state index in [1.54, 1.807) is 48.5 Å². The van der Waals surface area contributed by atoms with Crippen LogP contribution >= 0.6 is 0 Å². The second-order valence-electron chi connectivity index (χ2n) is 12.2. The highest BCUT2D eigenvalue weighted by molar-refractivity contribution is 7.92. The number of ether oxygens (including phenoxy) is 1. The van der Waals surface area contributed by atoms with Crippen molar-refractivity contribution >= 4 is 27.5 Å². The Morgan fingerprint density at radius 1 is 0.896 bits per heavy atom. The Hall–Kier alpha value is -4.70. The lowest BCUT2D eigenvalue weighted by atomic mass is 9.94. The Labute approximate surface area is 282 Å². The highest BCUT2D eigenvalue weighted by Gasteiger charge is 2.36. The molecule has 1 fully saturated rings. The summed E-state index contributed by atoms with van der Waals surface area (Å²) in [6.45, 7) is 0.975. The molecule has 0 aliphatic heterocycles. The van der Waals surface area contributed by atoms with E-state index in [-0.39, 0.29) is 41.1 Å². The first kappa shape index (κ1) is 34.6. The molecule has 4 aromatic carbocycles. The third kappa shape index (κ3) is 8.60. The summed E-state index contributed by atoms with van der Waals surface area (Å²) in [5, 5.41) is 3.16. The molecule has 0 spiro atoms. The van der Waals surface area contributed by atoms with Gasteiger partial charge in [0, 0.05) is 30.6 Å². The van der Waals surface area contributed by atoms with Crippen molar-refractivity contribution < 1.29 is 27.1 Å². The van der Waals surface area contributed by atoms with Crippen molar-refractivity contribution in [1.82, 2.24) is 10.2 Å². The molecule has 1 N–H and O–H groups in total. The van der Waals surface area contributed by atoms with E-state index in [4.69, 9.17) is 4.74 Å². The second-order valence-corrected chi connectivity index (χ2v) is 14.1. The zero-order valence-electron chi connectivity index (χ0n) is 27.3. The fourth-order valence-electron chi connectivity index (χ4n) is 6.04. The van der Waals surface area contributed by atoms with Crippen LogP contribution in [-0.4, -0.2) is 50.9 Å². The van der Waals surface area contributed by atoms with Crippen LogP contribution in [0.3, 0.4) is 0 Å². The van der Waals surface area contributed by atoms with Crippen LogP contribution in [0.2, 0.25) is 0 Å². The fraction of sp³-hybridized carbons (Fsp3) is 0.316. The molecule has 1 aliphatic carbocycles. The number of aryl methyl sites for hydroxylation is 1. The van der Waals surface area contributed by atoms with E-state index < -0.39 is 34.3 Å². The highest BCUT2D eigenvalue weighted by Crippen LogP contribution is 2.28. The smallest absolute Gasteiger partial charge is 0.264 e. The van der Waals surface area contributed by atoms with Gasteiger partial charge in [-0.1, -0.05) is 91.6 Å². The number of carbonyl (C=O) groups excluding carboxylic acids is 2. The Morgan fingerprint density at radius 3 is 2.27 bits per heavy atom. The zero-order valence-corrected chi connectivity index (χ0v) is 28.2. The van der Waals surface area contributed by atoms with E-state index >= 15 is 4.39 Å². The molecular formula is C38H42FN3O5S. The van der Waals surface area contributed by atoms with Crippen molar-refractivity contribution in [3.63, 3.8) is 0 Å². The summed E-state index contributed by atoms with van der Waals surface area (Å²) in [5.41, 5.74) is 2.11. The maximum absolute atomic E-state index is 15.2. The quantitative estimate of drug-likeness (QED) is 0.177. The molecule has 10 heteroatoms. The molecule has 0 bridgehead atoms. The fourth-order valence-corrected chi connectivity index (χ4v) is 7.45. The average molecular weight is 672 g/mol. The first-order valence-corrected chi connectivity index (χ1v) is 17.7. The minimum absolute atomic E-state index is 0.000232. The molecule has 2 amide bonds. The monoisotopic (exact) mass is 671 g/mol. The Balaban J connectivity index is 1.58. The van der Waals surface area contributed by atoms with Crippen LogP contribution in [0, 0.1) is 12.7 Å². The topological polar surface area (TPSA) is 96.0 Å². The first-order valence-electron chi connectivity index (χ1n) is 16.3. The number of anilines is 1. The van der Waals surface area contributed by atoms with Crippen molar-refractivity contribution in [2.24, 2.45) is 0 Å². The van der Waals surface area contributed by atoms with Gasteiger partial charge >= 0.3 is 0 Å². The minimum Gasteiger partial charge on any atom is -0.497 e. The number of hydrogen-bond donors (Lipinski definition) is 1. The average Bonchev–Trinajstić information content (AvgIpc) is 3.10. The van der Waals surface area contributed by atoms with Gasteiger partial charge in [-0.15, -0.1) is 0 Å². The maximum atomic E-state index is 15.2. The maximum Gasteiger partial charge on any atom is 0.264 e. The van der Waals surface area contributed by atoms with E-state index in [0.29, 0.717) is 5.75 Å². The molecule has 0 heterocycles. The molecule has 0 aromatic heterocycles. The molecule has 1 unspecified atom stereocenters. The second kappa shape index (κ2) is 15.9. The lowest BCUT2D eigenvalue weighted by molar-refractivity contribution is -0.140. The van der Waals surface area contributed by atoms with Crippen LogP contribution in [0.4, 0.5) is 10.1 Å². The standard InChI is InChI=1S/C38H42FN3O5S/c1-28-20-22-34(23-21-28)48(45,46)42(32-17-11-18-33(25-32)47-2)27-37(43)41(26-30-14-9-10-19-35(30)39)36(24-29-12-5-3-6-13-29)38(44)40-31-15-7-4-8-16-31/h3,5-6,9-14,17-23,25,31,36H,4,7-8,15-16,24,26-27H2,1-2H3,(H,40,44). The predicted molar refractivity (Wildman–Crippen MR) is 185 cm³/mol. The van der Waals surface area contributed by atoms with Gasteiger partial charge in [0.05, 0.1) is 17.7 Å². The Morgan fingerprint density at radius 2 is 1.58 bits per heavy atom. The summed E-state index contributed by atoms with van der Waals surface area (Å²) >= 11 is 0. The van der Waals surface area contributed by atoms with E-state index in [2.05, 4.69) is 5.32 Å². The summed E-state index contributed by atoms with van der Waals surface area (Å²) in [6, 6.07) is 27.1. The molecule has 8 nitrogen and oxygen atoms in total. The van der Waals surface area contributed by atoms with Crippen molar-refractivity contribution in [1.29, 1.82) is 0 Å². The number of sulfonamides is 1. The number of amides is 2.